The van der Waals surface area contributed by atoms with Crippen LogP contribution < -0.4 is 4.84 Å². The molecule has 0 bridgehead atoms. The summed E-state index contributed by atoms with van der Waals surface area (Å²) < 4.78 is 5.91. The lowest BCUT2D eigenvalue weighted by atomic mass is 9.94. The number of rotatable bonds is 5. The molecule has 0 aromatic heterocycles. The van der Waals surface area contributed by atoms with Crippen molar-refractivity contribution in [2.45, 2.75) is 38.5 Å². The molecule has 2 aliphatic heterocycles. The van der Waals surface area contributed by atoms with E-state index in [-0.39, 0.29) is 5.97 Å². The summed E-state index contributed by atoms with van der Waals surface area (Å²) in [7, 11) is 2.18. The Labute approximate surface area is 141 Å². The van der Waals surface area contributed by atoms with E-state index in [2.05, 4.69) is 11.9 Å². The van der Waals surface area contributed by atoms with Crippen molar-refractivity contribution in [3.8, 4) is 0 Å². The summed E-state index contributed by atoms with van der Waals surface area (Å²) in [5, 5.41) is 10.8. The van der Waals surface area contributed by atoms with Crippen LogP contribution in [0, 0.1) is 6.92 Å². The van der Waals surface area contributed by atoms with Gasteiger partial charge in [-0.05, 0) is 35.9 Å². The van der Waals surface area contributed by atoms with E-state index < -0.39 is 6.10 Å². The van der Waals surface area contributed by atoms with Gasteiger partial charge in [-0.25, -0.2) is 9.63 Å². The third-order valence-corrected chi connectivity index (χ3v) is 5.71. The second-order valence-corrected chi connectivity index (χ2v) is 7.18. The van der Waals surface area contributed by atoms with Gasteiger partial charge < -0.3 is 14.3 Å². The molecule has 5 nitrogen and oxygen atoms in total. The number of nitrogens with zero attached hydrogens (tertiary/aromatic N) is 1. The highest BCUT2D eigenvalue weighted by molar-refractivity contribution is 6.13. The number of carbonyl (C=O) groups excluding carboxylic acids is 1. The number of quaternary nitrogens is 1. The Morgan fingerprint density at radius 2 is 2.30 bits per heavy atom. The second kappa shape index (κ2) is 6.40. The molecule has 2 aliphatic rings. The smallest absolute Gasteiger partial charge is 0.338 e. The van der Waals surface area contributed by atoms with Crippen LogP contribution in [0.3, 0.4) is 0 Å². The molecule has 0 spiro atoms. The van der Waals surface area contributed by atoms with Gasteiger partial charge in [0, 0.05) is 18.4 Å². The zero-order chi connectivity index (χ0) is 16.6. The van der Waals surface area contributed by atoms with Crippen LogP contribution in [0.1, 0.15) is 46.0 Å². The lowest BCUT2D eigenvalue weighted by Gasteiger charge is -2.38. The molecular formula is C17H24ClN2O3+. The minimum Gasteiger partial charge on any atom is -0.457 e. The topological polar surface area (TPSA) is 58.6 Å². The van der Waals surface area contributed by atoms with E-state index in [4.69, 9.17) is 16.5 Å². The minimum atomic E-state index is -0.558. The number of aliphatic hydroxyl groups excluding tert-OH is 1. The molecule has 3 atom stereocenters. The number of halogens is 1. The molecule has 0 amide bonds. The number of nitrogens with one attached hydrogen (secondary N) is 1. The number of fused-ring (bicyclic) bond motifs is 1. The molecule has 1 aromatic carbocycles. The van der Waals surface area contributed by atoms with Gasteiger partial charge in [-0.3, -0.25) is 0 Å². The maximum Gasteiger partial charge on any atom is 0.338 e. The number of hydrogen-bond donors (Lipinski definition) is 2. The molecule has 0 aliphatic carbocycles. The molecule has 126 valence electrons. The van der Waals surface area contributed by atoms with Crippen LogP contribution in [0.2, 0.25) is 0 Å². The predicted octanol–water partition coefficient (Wildman–Crippen LogP) is 2.05. The molecule has 2 N–H and O–H groups in total. The standard InChI is InChI=1S/C17H24ClN2O3/c1-11-13(5-6-14-15(11)10-23-17(14)22)16(21)9-20(2)7-3-4-12(20)8-19-18/h5-6,12,16,19,21H,3-4,7-10H2,1-2H3/q+1. The van der Waals surface area contributed by atoms with Crippen molar-refractivity contribution in [1.82, 2.24) is 4.84 Å². The minimum absolute atomic E-state index is 0.268. The number of cyclic esters (lactones) is 1. The first-order chi connectivity index (χ1) is 11.0. The highest BCUT2D eigenvalue weighted by Gasteiger charge is 2.40. The van der Waals surface area contributed by atoms with Crippen LogP contribution >= 0.6 is 11.8 Å². The van der Waals surface area contributed by atoms with Crippen molar-refractivity contribution in [3.05, 3.63) is 34.4 Å². The molecule has 3 unspecified atom stereocenters. The van der Waals surface area contributed by atoms with Gasteiger partial charge in [0.1, 0.15) is 25.3 Å². The fraction of sp³-hybridized carbons (Fsp3) is 0.588. The first-order valence-corrected chi connectivity index (χ1v) is 8.49. The molecule has 1 aromatic rings. The largest absolute Gasteiger partial charge is 0.457 e. The number of carbonyl (C=O) groups is 1. The van der Waals surface area contributed by atoms with Gasteiger partial charge in [-0.1, -0.05) is 6.07 Å². The van der Waals surface area contributed by atoms with E-state index in [0.717, 1.165) is 47.1 Å². The number of hydrogen-bond acceptors (Lipinski definition) is 4. The van der Waals surface area contributed by atoms with Crippen molar-refractivity contribution in [2.24, 2.45) is 0 Å². The Kier molecular flexibility index (Phi) is 4.65. The van der Waals surface area contributed by atoms with Gasteiger partial charge >= 0.3 is 5.97 Å². The number of esters is 1. The monoisotopic (exact) mass is 339 g/mol. The first kappa shape index (κ1) is 16.7. The van der Waals surface area contributed by atoms with E-state index in [1.165, 1.54) is 0 Å². The van der Waals surface area contributed by atoms with Crippen molar-refractivity contribution in [2.75, 3.05) is 26.7 Å². The average molecular weight is 340 g/mol. The SMILES string of the molecule is Cc1c(C(O)C[N+]2(C)CCCC2CNCl)ccc2c1COC2=O. The molecule has 2 heterocycles. The lowest BCUT2D eigenvalue weighted by Crippen LogP contribution is -2.53. The zero-order valence-electron chi connectivity index (χ0n) is 13.6. The van der Waals surface area contributed by atoms with Crippen molar-refractivity contribution in [1.29, 1.82) is 0 Å². The van der Waals surface area contributed by atoms with E-state index in [9.17, 15) is 9.90 Å². The van der Waals surface area contributed by atoms with E-state index in [1.807, 2.05) is 13.0 Å². The van der Waals surface area contributed by atoms with Crippen molar-refractivity contribution in [3.63, 3.8) is 0 Å². The Morgan fingerprint density at radius 1 is 1.52 bits per heavy atom. The van der Waals surface area contributed by atoms with Crippen LogP contribution in [0.15, 0.2) is 12.1 Å². The van der Waals surface area contributed by atoms with E-state index in [0.29, 0.717) is 24.8 Å². The Morgan fingerprint density at radius 3 is 3.04 bits per heavy atom. The summed E-state index contributed by atoms with van der Waals surface area (Å²) in [4.78, 5) is 14.4. The third-order valence-electron chi connectivity index (χ3n) is 5.56. The molecule has 6 heteroatoms. The summed E-state index contributed by atoms with van der Waals surface area (Å²) in [6.07, 6.45) is 1.71. The summed E-state index contributed by atoms with van der Waals surface area (Å²) in [6, 6.07) is 4.06. The third kappa shape index (κ3) is 2.98. The summed E-state index contributed by atoms with van der Waals surface area (Å²) in [6.45, 7) is 4.71. The Bertz CT molecular complexity index is 622. The Balaban J connectivity index is 1.81. The Hall–Kier alpha value is -1.14. The molecule has 1 fully saturated rings. The van der Waals surface area contributed by atoms with Crippen LogP contribution in [0.5, 0.6) is 0 Å². The summed E-state index contributed by atoms with van der Waals surface area (Å²) in [5.74, 6) is -0.268. The zero-order valence-corrected chi connectivity index (χ0v) is 14.4. The lowest BCUT2D eigenvalue weighted by molar-refractivity contribution is -0.923. The van der Waals surface area contributed by atoms with E-state index in [1.54, 1.807) is 6.07 Å². The van der Waals surface area contributed by atoms with Crippen LogP contribution in [0.4, 0.5) is 0 Å². The van der Waals surface area contributed by atoms with Crippen LogP contribution in [-0.4, -0.2) is 48.3 Å². The molecule has 0 saturated carbocycles. The predicted molar refractivity (Wildman–Crippen MR) is 88.1 cm³/mol. The van der Waals surface area contributed by atoms with Crippen molar-refractivity contribution < 1.29 is 19.1 Å². The number of likely N-dealkylation sites (N-methyl/N-ethyl adjacent to an activating group) is 1. The number of aliphatic hydroxyl groups is 1. The van der Waals surface area contributed by atoms with Gasteiger partial charge in [0.2, 0.25) is 0 Å². The van der Waals surface area contributed by atoms with Crippen molar-refractivity contribution >= 4 is 17.7 Å². The molecule has 0 radical (unpaired) electrons. The van der Waals surface area contributed by atoms with Gasteiger partial charge in [0.25, 0.3) is 0 Å². The highest BCUT2D eigenvalue weighted by atomic mass is 35.5. The van der Waals surface area contributed by atoms with Gasteiger partial charge in [-0.2, -0.15) is 0 Å². The van der Waals surface area contributed by atoms with Gasteiger partial charge in [0.15, 0.2) is 0 Å². The first-order valence-electron chi connectivity index (χ1n) is 8.11. The quantitative estimate of drug-likeness (QED) is 0.490. The maximum atomic E-state index is 11.6. The number of likely N-dealkylation sites (tertiary alicyclic amines) is 1. The molecule has 1 saturated heterocycles. The fourth-order valence-electron chi connectivity index (χ4n) is 4.06. The molecule has 23 heavy (non-hydrogen) atoms. The second-order valence-electron chi connectivity index (χ2n) is 6.92. The normalized spacial score (nSPS) is 27.8. The van der Waals surface area contributed by atoms with Crippen LogP contribution in [0.25, 0.3) is 0 Å². The van der Waals surface area contributed by atoms with Gasteiger partial charge in [0.05, 0.1) is 25.7 Å². The maximum absolute atomic E-state index is 11.6. The fourth-order valence-corrected chi connectivity index (χ4v) is 4.23. The van der Waals surface area contributed by atoms with E-state index >= 15 is 0 Å². The number of benzene rings is 1. The molecular weight excluding hydrogens is 316 g/mol. The highest BCUT2D eigenvalue weighted by Crippen LogP contribution is 2.32. The van der Waals surface area contributed by atoms with Crippen LogP contribution in [-0.2, 0) is 11.3 Å². The average Bonchev–Trinajstić information content (AvgIpc) is 3.05. The summed E-state index contributed by atoms with van der Waals surface area (Å²) in [5.41, 5.74) is 3.41. The molecule has 3 rings (SSSR count). The van der Waals surface area contributed by atoms with Gasteiger partial charge in [-0.15, -0.1) is 0 Å². The summed E-state index contributed by atoms with van der Waals surface area (Å²) >= 11 is 5.70. The number of ether oxygens (including phenoxy) is 1.